The van der Waals surface area contributed by atoms with Gasteiger partial charge < -0.3 is 10.2 Å². The second kappa shape index (κ2) is 2.57. The van der Waals surface area contributed by atoms with Crippen molar-refractivity contribution >= 4 is 0 Å². The van der Waals surface area contributed by atoms with Crippen LogP contribution < -0.4 is 5.32 Å². The maximum absolute atomic E-state index is 8.48. The molecule has 0 atom stereocenters. The lowest BCUT2D eigenvalue weighted by Gasteiger charge is -2.47. The fraction of sp³-hybridized carbons (Fsp3) is 0.857. The van der Waals surface area contributed by atoms with Gasteiger partial charge in [-0.3, -0.25) is 0 Å². The van der Waals surface area contributed by atoms with Gasteiger partial charge in [0, 0.05) is 13.1 Å². The van der Waals surface area contributed by atoms with Crippen LogP contribution >= 0.6 is 0 Å². The van der Waals surface area contributed by atoms with Crippen LogP contribution in [0.5, 0.6) is 0 Å². The van der Waals surface area contributed by atoms with Gasteiger partial charge in [-0.2, -0.15) is 5.26 Å². The zero-order valence-corrected chi connectivity index (χ0v) is 6.52. The summed E-state index contributed by atoms with van der Waals surface area (Å²) in [5.41, 5.74) is 0.101. The van der Waals surface area contributed by atoms with Crippen LogP contribution in [0.2, 0.25) is 0 Å². The third-order valence-corrected chi connectivity index (χ3v) is 2.09. The Balaban J connectivity index is 2.42. The topological polar surface area (TPSA) is 39.1 Å². The maximum Gasteiger partial charge on any atom is 0.0642 e. The molecule has 0 aromatic heterocycles. The molecular formula is C7H13N3. The molecule has 1 aliphatic rings. The summed E-state index contributed by atoms with van der Waals surface area (Å²) >= 11 is 0. The van der Waals surface area contributed by atoms with Crippen molar-refractivity contribution in [3.8, 4) is 6.07 Å². The van der Waals surface area contributed by atoms with Crippen LogP contribution in [0.3, 0.4) is 0 Å². The third-order valence-electron chi connectivity index (χ3n) is 2.09. The summed E-state index contributed by atoms with van der Waals surface area (Å²) in [6, 6.07) is 2.19. The van der Waals surface area contributed by atoms with E-state index in [0.29, 0.717) is 6.42 Å². The molecule has 0 bridgehead atoms. The van der Waals surface area contributed by atoms with Crippen LogP contribution in [-0.4, -0.2) is 37.6 Å². The highest BCUT2D eigenvalue weighted by Gasteiger charge is 2.39. The predicted octanol–water partition coefficient (Wildman–Crippen LogP) is -0.196. The first-order chi connectivity index (χ1) is 4.72. The van der Waals surface area contributed by atoms with Crippen molar-refractivity contribution in [3.05, 3.63) is 0 Å². The fourth-order valence-corrected chi connectivity index (χ4v) is 1.50. The Morgan fingerprint density at radius 3 is 2.60 bits per heavy atom. The first kappa shape index (κ1) is 7.52. The predicted molar refractivity (Wildman–Crippen MR) is 39.5 cm³/mol. The van der Waals surface area contributed by atoms with Gasteiger partial charge in [0.1, 0.15) is 0 Å². The van der Waals surface area contributed by atoms with Gasteiger partial charge in [-0.05, 0) is 14.1 Å². The number of likely N-dealkylation sites (tertiary alicyclic amines) is 1. The lowest BCUT2D eigenvalue weighted by molar-refractivity contribution is 0.0760. The van der Waals surface area contributed by atoms with Crippen LogP contribution in [0.25, 0.3) is 0 Å². The third kappa shape index (κ3) is 1.13. The fourth-order valence-electron chi connectivity index (χ4n) is 1.50. The molecule has 0 spiro atoms. The van der Waals surface area contributed by atoms with E-state index in [4.69, 9.17) is 5.26 Å². The SMILES string of the molecule is CNC1(CC#N)CN(C)C1. The summed E-state index contributed by atoms with van der Waals surface area (Å²) in [6.45, 7) is 1.99. The molecule has 0 radical (unpaired) electrons. The van der Waals surface area contributed by atoms with Gasteiger partial charge in [-0.1, -0.05) is 0 Å². The first-order valence-corrected chi connectivity index (χ1v) is 3.47. The molecule has 1 fully saturated rings. The van der Waals surface area contributed by atoms with E-state index < -0.39 is 0 Å². The number of nitrogens with one attached hydrogen (secondary N) is 1. The Bertz CT molecular complexity index is 153. The van der Waals surface area contributed by atoms with Gasteiger partial charge in [-0.15, -0.1) is 0 Å². The summed E-state index contributed by atoms with van der Waals surface area (Å²) in [5.74, 6) is 0. The van der Waals surface area contributed by atoms with Crippen molar-refractivity contribution in [2.45, 2.75) is 12.0 Å². The number of rotatable bonds is 2. The highest BCUT2D eigenvalue weighted by atomic mass is 15.3. The van der Waals surface area contributed by atoms with Crippen LogP contribution in [0.1, 0.15) is 6.42 Å². The number of hydrogen-bond acceptors (Lipinski definition) is 3. The summed E-state index contributed by atoms with van der Waals surface area (Å²) in [5, 5.41) is 11.7. The molecule has 0 aromatic rings. The van der Waals surface area contributed by atoms with Crippen molar-refractivity contribution in [2.75, 3.05) is 27.2 Å². The van der Waals surface area contributed by atoms with Crippen LogP contribution in [-0.2, 0) is 0 Å². The molecule has 1 rings (SSSR count). The normalized spacial score (nSPS) is 23.3. The minimum atomic E-state index is 0.101. The molecule has 3 nitrogen and oxygen atoms in total. The average molecular weight is 139 g/mol. The molecule has 0 aliphatic carbocycles. The molecule has 1 N–H and O–H groups in total. The van der Waals surface area contributed by atoms with E-state index in [1.807, 2.05) is 7.05 Å². The zero-order valence-electron chi connectivity index (χ0n) is 6.52. The Morgan fingerprint density at radius 1 is 1.70 bits per heavy atom. The van der Waals surface area contributed by atoms with E-state index >= 15 is 0 Å². The Hall–Kier alpha value is -0.590. The number of likely N-dealkylation sites (N-methyl/N-ethyl adjacent to an activating group) is 2. The van der Waals surface area contributed by atoms with Gasteiger partial charge in [0.05, 0.1) is 18.0 Å². The van der Waals surface area contributed by atoms with Crippen molar-refractivity contribution in [1.82, 2.24) is 10.2 Å². The molecule has 3 heteroatoms. The van der Waals surface area contributed by atoms with Gasteiger partial charge >= 0.3 is 0 Å². The molecule has 0 aromatic carbocycles. The molecule has 56 valence electrons. The lowest BCUT2D eigenvalue weighted by atomic mass is 9.88. The van der Waals surface area contributed by atoms with E-state index in [2.05, 4.69) is 23.3 Å². The average Bonchev–Trinajstić information content (AvgIpc) is 1.84. The zero-order chi connectivity index (χ0) is 7.61. The van der Waals surface area contributed by atoms with Gasteiger partial charge in [-0.25, -0.2) is 0 Å². The van der Waals surface area contributed by atoms with Crippen LogP contribution in [0.4, 0.5) is 0 Å². The van der Waals surface area contributed by atoms with Crippen molar-refractivity contribution < 1.29 is 0 Å². The highest BCUT2D eigenvalue weighted by molar-refractivity contribution is 5.05. The standard InChI is InChI=1S/C7H13N3/c1-9-7(3-4-8)5-10(2)6-7/h9H,3,5-6H2,1-2H3. The van der Waals surface area contributed by atoms with Crippen molar-refractivity contribution in [2.24, 2.45) is 0 Å². The summed E-state index contributed by atoms with van der Waals surface area (Å²) < 4.78 is 0. The molecule has 1 saturated heterocycles. The van der Waals surface area contributed by atoms with Crippen molar-refractivity contribution in [3.63, 3.8) is 0 Å². The highest BCUT2D eigenvalue weighted by Crippen LogP contribution is 2.21. The molecular weight excluding hydrogens is 126 g/mol. The quantitative estimate of drug-likeness (QED) is 0.576. The maximum atomic E-state index is 8.48. The number of hydrogen-bond donors (Lipinski definition) is 1. The molecule has 1 aliphatic heterocycles. The van der Waals surface area contributed by atoms with E-state index in [0.717, 1.165) is 13.1 Å². The molecule has 10 heavy (non-hydrogen) atoms. The number of nitrogens with zero attached hydrogens (tertiary/aromatic N) is 2. The molecule has 0 amide bonds. The van der Waals surface area contributed by atoms with E-state index in [-0.39, 0.29) is 5.54 Å². The van der Waals surface area contributed by atoms with Gasteiger partial charge in [0.2, 0.25) is 0 Å². The van der Waals surface area contributed by atoms with Crippen LogP contribution in [0, 0.1) is 11.3 Å². The van der Waals surface area contributed by atoms with E-state index in [1.54, 1.807) is 0 Å². The summed E-state index contributed by atoms with van der Waals surface area (Å²) in [6.07, 6.45) is 0.619. The van der Waals surface area contributed by atoms with E-state index in [9.17, 15) is 0 Å². The molecule has 0 saturated carbocycles. The Morgan fingerprint density at radius 2 is 2.30 bits per heavy atom. The van der Waals surface area contributed by atoms with E-state index in [1.165, 1.54) is 0 Å². The van der Waals surface area contributed by atoms with Gasteiger partial charge in [0.15, 0.2) is 0 Å². The summed E-state index contributed by atoms with van der Waals surface area (Å²) in [7, 11) is 3.98. The first-order valence-electron chi connectivity index (χ1n) is 3.47. The lowest BCUT2D eigenvalue weighted by Crippen LogP contribution is -2.66. The monoisotopic (exact) mass is 139 g/mol. The summed E-state index contributed by atoms with van der Waals surface area (Å²) in [4.78, 5) is 2.20. The number of nitriles is 1. The largest absolute Gasteiger partial charge is 0.311 e. The second-order valence-corrected chi connectivity index (χ2v) is 3.04. The van der Waals surface area contributed by atoms with Gasteiger partial charge in [0.25, 0.3) is 0 Å². The minimum Gasteiger partial charge on any atom is -0.311 e. The smallest absolute Gasteiger partial charge is 0.0642 e. The van der Waals surface area contributed by atoms with Crippen molar-refractivity contribution in [1.29, 1.82) is 5.26 Å². The minimum absolute atomic E-state index is 0.101. The Labute approximate surface area is 61.6 Å². The van der Waals surface area contributed by atoms with Crippen LogP contribution in [0.15, 0.2) is 0 Å². The molecule has 1 heterocycles. The second-order valence-electron chi connectivity index (χ2n) is 3.04. The molecule has 0 unspecified atom stereocenters. The Kier molecular flexibility index (Phi) is 1.93.